The molecule has 1 fully saturated rings. The molecular formula is C26H22N4O2S. The highest BCUT2D eigenvalue weighted by atomic mass is 32.1. The number of benzene rings is 2. The number of aromatic nitrogens is 2. The van der Waals surface area contributed by atoms with E-state index in [2.05, 4.69) is 38.0 Å². The summed E-state index contributed by atoms with van der Waals surface area (Å²) in [6.45, 7) is 0.657. The van der Waals surface area contributed by atoms with E-state index in [1.165, 1.54) is 0 Å². The van der Waals surface area contributed by atoms with Gasteiger partial charge in [0, 0.05) is 30.3 Å². The molecule has 7 heteroatoms. The van der Waals surface area contributed by atoms with Crippen molar-refractivity contribution < 1.29 is 9.90 Å². The number of nitrogens with one attached hydrogen (secondary N) is 1. The lowest BCUT2D eigenvalue weighted by Crippen LogP contribution is -2.30. The average molecular weight is 455 g/mol. The summed E-state index contributed by atoms with van der Waals surface area (Å²) in [5, 5.41) is 13.4. The highest BCUT2D eigenvalue weighted by Gasteiger charge is 2.41. The second kappa shape index (κ2) is 8.88. The van der Waals surface area contributed by atoms with Crippen molar-refractivity contribution >= 4 is 23.3 Å². The van der Waals surface area contributed by atoms with Crippen molar-refractivity contribution in [2.24, 2.45) is 0 Å². The Hall–Kier alpha value is -3.97. The maximum atomic E-state index is 11.3. The van der Waals surface area contributed by atoms with E-state index in [4.69, 9.17) is 12.2 Å². The number of carboxylic acids is 1. The van der Waals surface area contributed by atoms with Gasteiger partial charge in [0.15, 0.2) is 5.11 Å². The summed E-state index contributed by atoms with van der Waals surface area (Å²) >= 11 is 5.79. The smallest absolute Gasteiger partial charge is 0.335 e. The van der Waals surface area contributed by atoms with Crippen molar-refractivity contribution in [1.29, 1.82) is 0 Å². The van der Waals surface area contributed by atoms with E-state index in [0.717, 1.165) is 22.6 Å². The molecule has 2 unspecified atom stereocenters. The molecule has 0 spiro atoms. The molecule has 2 atom stereocenters. The summed E-state index contributed by atoms with van der Waals surface area (Å²) in [6.07, 6.45) is 3.78. The molecule has 4 aromatic rings. The molecular weight excluding hydrogens is 432 g/mol. The zero-order valence-corrected chi connectivity index (χ0v) is 18.5. The summed E-state index contributed by atoms with van der Waals surface area (Å²) in [4.78, 5) is 18.1. The van der Waals surface area contributed by atoms with Gasteiger partial charge in [0.05, 0.1) is 23.3 Å². The van der Waals surface area contributed by atoms with Gasteiger partial charge in [-0.05, 0) is 66.3 Å². The number of nitrogens with zero attached hydrogens (tertiary/aromatic N) is 3. The van der Waals surface area contributed by atoms with Gasteiger partial charge in [0.1, 0.15) is 0 Å². The van der Waals surface area contributed by atoms with Gasteiger partial charge in [-0.3, -0.25) is 4.98 Å². The Labute approximate surface area is 197 Å². The van der Waals surface area contributed by atoms with Crippen molar-refractivity contribution in [3.05, 3.63) is 120 Å². The fourth-order valence-electron chi connectivity index (χ4n) is 4.31. The monoisotopic (exact) mass is 454 g/mol. The molecule has 0 bridgehead atoms. The van der Waals surface area contributed by atoms with Gasteiger partial charge in [-0.2, -0.15) is 0 Å². The van der Waals surface area contributed by atoms with Gasteiger partial charge >= 0.3 is 5.97 Å². The third kappa shape index (κ3) is 4.10. The average Bonchev–Trinajstić information content (AvgIpc) is 3.45. The third-order valence-corrected chi connectivity index (χ3v) is 6.22. The molecule has 2 N–H and O–H groups in total. The summed E-state index contributed by atoms with van der Waals surface area (Å²) in [6, 6.07) is 26.9. The maximum Gasteiger partial charge on any atom is 0.335 e. The Balaban J connectivity index is 1.58. The van der Waals surface area contributed by atoms with Gasteiger partial charge in [-0.25, -0.2) is 4.79 Å². The Kier molecular flexibility index (Phi) is 5.62. The standard InChI is InChI=1S/C26H22N4O2S/c31-25(32)19-11-13-20(14-12-19)29-16-6-10-22(29)24-23(21-9-4-5-15-27-21)28-26(33)30(24)17-18-7-2-1-3-8-18/h1-16,23-24H,17H2,(H,28,33)(H,31,32). The lowest BCUT2D eigenvalue weighted by atomic mass is 10.0. The minimum Gasteiger partial charge on any atom is -0.478 e. The molecule has 5 rings (SSSR count). The largest absolute Gasteiger partial charge is 0.478 e. The van der Waals surface area contributed by atoms with Crippen LogP contribution in [0.15, 0.2) is 97.3 Å². The lowest BCUT2D eigenvalue weighted by molar-refractivity contribution is 0.0697. The van der Waals surface area contributed by atoms with Crippen molar-refractivity contribution in [1.82, 2.24) is 19.8 Å². The van der Waals surface area contributed by atoms with Gasteiger partial charge in [0.25, 0.3) is 0 Å². The van der Waals surface area contributed by atoms with Crippen LogP contribution in [0.4, 0.5) is 0 Å². The number of hydrogen-bond donors (Lipinski definition) is 2. The number of carboxylic acid groups (broad SMARTS) is 1. The van der Waals surface area contributed by atoms with Gasteiger partial charge in [-0.1, -0.05) is 36.4 Å². The van der Waals surface area contributed by atoms with Gasteiger partial charge in [0.2, 0.25) is 0 Å². The van der Waals surface area contributed by atoms with E-state index in [9.17, 15) is 9.90 Å². The van der Waals surface area contributed by atoms with Crippen LogP contribution < -0.4 is 5.32 Å². The van der Waals surface area contributed by atoms with E-state index in [1.54, 1.807) is 18.3 Å². The molecule has 2 aromatic heterocycles. The van der Waals surface area contributed by atoms with Gasteiger partial charge < -0.3 is 19.9 Å². The summed E-state index contributed by atoms with van der Waals surface area (Å²) in [5.41, 5.74) is 4.26. The van der Waals surface area contributed by atoms with Crippen LogP contribution in [0.5, 0.6) is 0 Å². The molecule has 1 aliphatic heterocycles. The molecule has 0 aliphatic carbocycles. The molecule has 0 saturated carbocycles. The minimum atomic E-state index is -0.941. The first-order valence-electron chi connectivity index (χ1n) is 10.6. The normalized spacial score (nSPS) is 17.7. The minimum absolute atomic E-state index is 0.109. The maximum absolute atomic E-state index is 11.3. The predicted octanol–water partition coefficient (Wildman–Crippen LogP) is 4.74. The molecule has 0 radical (unpaired) electrons. The van der Waals surface area contributed by atoms with Crippen LogP contribution in [-0.2, 0) is 6.54 Å². The molecule has 3 heterocycles. The number of rotatable bonds is 6. The van der Waals surface area contributed by atoms with Crippen LogP contribution in [-0.4, -0.2) is 30.6 Å². The SMILES string of the molecule is O=C(O)c1ccc(-n2cccc2C2C(c3ccccn3)NC(=S)N2Cc2ccccc2)cc1. The van der Waals surface area contributed by atoms with Crippen LogP contribution in [0.2, 0.25) is 0 Å². The molecule has 2 aromatic carbocycles. The van der Waals surface area contributed by atoms with Gasteiger partial charge in [-0.15, -0.1) is 0 Å². The van der Waals surface area contributed by atoms with Crippen LogP contribution >= 0.6 is 12.2 Å². The van der Waals surface area contributed by atoms with Crippen LogP contribution in [0.1, 0.15) is 39.4 Å². The summed E-state index contributed by atoms with van der Waals surface area (Å²) in [7, 11) is 0. The van der Waals surface area contributed by atoms with Crippen LogP contribution in [0.25, 0.3) is 5.69 Å². The summed E-state index contributed by atoms with van der Waals surface area (Å²) < 4.78 is 2.08. The second-order valence-corrected chi connectivity index (χ2v) is 8.28. The number of aromatic carboxylic acids is 1. The Bertz CT molecular complexity index is 1270. The molecule has 0 amide bonds. The highest BCUT2D eigenvalue weighted by Crippen LogP contribution is 2.40. The predicted molar refractivity (Wildman–Crippen MR) is 130 cm³/mol. The first kappa shape index (κ1) is 20.9. The molecule has 164 valence electrons. The third-order valence-electron chi connectivity index (χ3n) is 5.87. The van der Waals surface area contributed by atoms with Crippen LogP contribution in [0, 0.1) is 0 Å². The zero-order chi connectivity index (χ0) is 22.8. The molecule has 1 aliphatic rings. The molecule has 1 saturated heterocycles. The number of pyridine rings is 1. The van der Waals surface area contributed by atoms with Crippen molar-refractivity contribution in [2.75, 3.05) is 0 Å². The van der Waals surface area contributed by atoms with Crippen molar-refractivity contribution in [3.63, 3.8) is 0 Å². The van der Waals surface area contributed by atoms with Crippen LogP contribution in [0.3, 0.4) is 0 Å². The topological polar surface area (TPSA) is 70.4 Å². The van der Waals surface area contributed by atoms with Crippen molar-refractivity contribution in [2.45, 2.75) is 18.6 Å². The zero-order valence-electron chi connectivity index (χ0n) is 17.7. The fraction of sp³-hybridized carbons (Fsp3) is 0.115. The molecule has 6 nitrogen and oxygen atoms in total. The summed E-state index contributed by atoms with van der Waals surface area (Å²) in [5.74, 6) is -0.941. The number of hydrogen-bond acceptors (Lipinski definition) is 3. The van der Waals surface area contributed by atoms with E-state index < -0.39 is 5.97 Å². The Morgan fingerprint density at radius 3 is 2.42 bits per heavy atom. The highest BCUT2D eigenvalue weighted by molar-refractivity contribution is 7.80. The first-order valence-corrected chi connectivity index (χ1v) is 11.1. The second-order valence-electron chi connectivity index (χ2n) is 7.90. The number of carbonyl (C=O) groups is 1. The Morgan fingerprint density at radius 2 is 1.73 bits per heavy atom. The van der Waals surface area contributed by atoms with E-state index >= 15 is 0 Å². The van der Waals surface area contributed by atoms with E-state index in [1.807, 2.05) is 60.8 Å². The molecule has 33 heavy (non-hydrogen) atoms. The Morgan fingerprint density at radius 1 is 0.970 bits per heavy atom. The first-order chi connectivity index (χ1) is 16.1. The quantitative estimate of drug-likeness (QED) is 0.410. The van der Waals surface area contributed by atoms with Crippen molar-refractivity contribution in [3.8, 4) is 5.69 Å². The lowest BCUT2D eigenvalue weighted by Gasteiger charge is -2.29. The number of thiocarbonyl (C=S) groups is 1. The van der Waals surface area contributed by atoms with E-state index in [-0.39, 0.29) is 17.6 Å². The fourth-order valence-corrected chi connectivity index (χ4v) is 4.62. The van der Waals surface area contributed by atoms with E-state index in [0.29, 0.717) is 11.7 Å².